The number of carbonyl (C=O) groups excluding carboxylic acids is 2. The van der Waals surface area contributed by atoms with Crippen LogP contribution in [-0.4, -0.2) is 46.8 Å². The second-order valence-corrected chi connectivity index (χ2v) is 13.4. The molecule has 1 saturated heterocycles. The van der Waals surface area contributed by atoms with Gasteiger partial charge in [0.1, 0.15) is 24.7 Å². The summed E-state index contributed by atoms with van der Waals surface area (Å²) >= 11 is 8.94. The molecule has 1 amide bonds. The third-order valence-electron chi connectivity index (χ3n) is 7.31. The molecule has 1 N–H and O–H groups in total. The first kappa shape index (κ1) is 30.9. The highest BCUT2D eigenvalue weighted by Gasteiger charge is 2.48. The number of amides is 1. The van der Waals surface area contributed by atoms with Crippen molar-refractivity contribution in [1.29, 1.82) is 0 Å². The SMILES string of the molecule is CC(C)CCOc1cccc([C@H]2/C(=C(\O)c3ccc4c(c3)OCCO4)C(=O)C(=O)N2c2nnc(SCc3ccccc3Cl)s2)c1. The number of anilines is 1. The van der Waals surface area contributed by atoms with Crippen molar-refractivity contribution < 1.29 is 28.9 Å². The summed E-state index contributed by atoms with van der Waals surface area (Å²) in [5, 5.41) is 21.1. The summed E-state index contributed by atoms with van der Waals surface area (Å²) in [5.74, 6) is 0.610. The number of rotatable bonds is 10. The van der Waals surface area contributed by atoms with Crippen molar-refractivity contribution in [3.63, 3.8) is 0 Å². The minimum absolute atomic E-state index is 0.0727. The van der Waals surface area contributed by atoms with Gasteiger partial charge in [0.15, 0.2) is 15.8 Å². The lowest BCUT2D eigenvalue weighted by Gasteiger charge is -2.23. The van der Waals surface area contributed by atoms with Crippen LogP contribution < -0.4 is 19.1 Å². The van der Waals surface area contributed by atoms with Crippen LogP contribution in [0.25, 0.3) is 5.76 Å². The van der Waals surface area contributed by atoms with Gasteiger partial charge in [-0.25, -0.2) is 0 Å². The number of fused-ring (bicyclic) bond motifs is 1. The zero-order chi connectivity index (χ0) is 31.5. The zero-order valence-electron chi connectivity index (χ0n) is 24.6. The third kappa shape index (κ3) is 6.66. The van der Waals surface area contributed by atoms with E-state index in [-0.39, 0.29) is 16.5 Å². The Balaban J connectivity index is 1.38. The number of benzene rings is 3. The number of ether oxygens (including phenoxy) is 3. The van der Waals surface area contributed by atoms with Crippen LogP contribution in [0, 0.1) is 5.92 Å². The van der Waals surface area contributed by atoms with Gasteiger partial charge in [-0.3, -0.25) is 14.5 Å². The molecule has 2 aliphatic rings. The number of halogens is 1. The van der Waals surface area contributed by atoms with Crippen molar-refractivity contribution in [2.45, 2.75) is 36.4 Å². The molecule has 0 spiro atoms. The van der Waals surface area contributed by atoms with E-state index in [2.05, 4.69) is 24.0 Å². The Labute approximate surface area is 273 Å². The van der Waals surface area contributed by atoms with Crippen LogP contribution in [0.15, 0.2) is 76.6 Å². The number of carbonyl (C=O) groups is 2. The van der Waals surface area contributed by atoms with Gasteiger partial charge in [-0.05, 0) is 59.9 Å². The molecule has 0 radical (unpaired) electrons. The number of aliphatic hydroxyl groups is 1. The first-order chi connectivity index (χ1) is 21.8. The number of hydrogen-bond acceptors (Lipinski definition) is 10. The van der Waals surface area contributed by atoms with Crippen molar-refractivity contribution >= 4 is 57.3 Å². The van der Waals surface area contributed by atoms with E-state index in [1.165, 1.54) is 28.0 Å². The predicted octanol–water partition coefficient (Wildman–Crippen LogP) is 7.31. The monoisotopic (exact) mass is 663 g/mol. The van der Waals surface area contributed by atoms with E-state index in [9.17, 15) is 14.7 Å². The molecule has 6 rings (SSSR count). The van der Waals surface area contributed by atoms with Crippen LogP contribution in [0.1, 0.15) is 43.0 Å². The number of thioether (sulfide) groups is 1. The van der Waals surface area contributed by atoms with Crippen molar-refractivity contribution in [2.75, 3.05) is 24.7 Å². The molecule has 45 heavy (non-hydrogen) atoms. The molecule has 0 aliphatic carbocycles. The van der Waals surface area contributed by atoms with E-state index in [0.29, 0.717) is 69.2 Å². The molecule has 3 aromatic carbocycles. The third-order valence-corrected chi connectivity index (χ3v) is 9.78. The Morgan fingerprint density at radius 2 is 1.87 bits per heavy atom. The van der Waals surface area contributed by atoms with E-state index < -0.39 is 17.7 Å². The number of aromatic nitrogens is 2. The van der Waals surface area contributed by atoms with E-state index in [1.54, 1.807) is 36.4 Å². The van der Waals surface area contributed by atoms with Crippen molar-refractivity contribution in [2.24, 2.45) is 5.92 Å². The second-order valence-electron chi connectivity index (χ2n) is 10.9. The molecular formula is C33H30ClN3O6S2. The van der Waals surface area contributed by atoms with E-state index in [0.717, 1.165) is 12.0 Å². The second kappa shape index (κ2) is 13.5. The van der Waals surface area contributed by atoms with Gasteiger partial charge in [0.2, 0.25) is 5.13 Å². The highest BCUT2D eigenvalue weighted by Crippen LogP contribution is 2.45. The Hall–Kier alpha value is -4.06. The number of nitrogens with zero attached hydrogens (tertiary/aromatic N) is 3. The molecule has 232 valence electrons. The van der Waals surface area contributed by atoms with Crippen LogP contribution >= 0.6 is 34.7 Å². The molecular weight excluding hydrogens is 634 g/mol. The Bertz CT molecular complexity index is 1770. The number of ketones is 1. The predicted molar refractivity (Wildman–Crippen MR) is 175 cm³/mol. The summed E-state index contributed by atoms with van der Waals surface area (Å²) in [6.07, 6.45) is 0.867. The van der Waals surface area contributed by atoms with E-state index in [4.69, 9.17) is 25.8 Å². The van der Waals surface area contributed by atoms with Crippen LogP contribution in [0.5, 0.6) is 17.2 Å². The summed E-state index contributed by atoms with van der Waals surface area (Å²) in [7, 11) is 0. The maximum atomic E-state index is 13.7. The minimum atomic E-state index is -0.985. The summed E-state index contributed by atoms with van der Waals surface area (Å²) in [6.45, 7) is 5.53. The molecule has 4 aromatic rings. The number of aliphatic hydroxyl groups excluding tert-OH is 1. The molecule has 1 fully saturated rings. The van der Waals surface area contributed by atoms with E-state index in [1.807, 2.05) is 30.3 Å². The molecule has 9 nitrogen and oxygen atoms in total. The van der Waals surface area contributed by atoms with Crippen LogP contribution in [0.2, 0.25) is 5.02 Å². The van der Waals surface area contributed by atoms with Crippen molar-refractivity contribution in [3.05, 3.63) is 94.0 Å². The van der Waals surface area contributed by atoms with Crippen LogP contribution in [-0.2, 0) is 15.3 Å². The topological polar surface area (TPSA) is 111 Å². The molecule has 1 atom stereocenters. The van der Waals surface area contributed by atoms with Crippen LogP contribution in [0.4, 0.5) is 5.13 Å². The van der Waals surface area contributed by atoms with Gasteiger partial charge in [0, 0.05) is 16.3 Å². The molecule has 3 heterocycles. The molecule has 2 aliphatic heterocycles. The average Bonchev–Trinajstić information content (AvgIpc) is 3.61. The summed E-state index contributed by atoms with van der Waals surface area (Å²) in [6, 6.07) is 18.7. The van der Waals surface area contributed by atoms with Crippen molar-refractivity contribution in [1.82, 2.24) is 10.2 Å². The highest BCUT2D eigenvalue weighted by atomic mass is 35.5. The quantitative estimate of drug-likeness (QED) is 0.0614. The molecule has 0 saturated carbocycles. The first-order valence-corrected chi connectivity index (χ1v) is 16.6. The molecule has 12 heteroatoms. The summed E-state index contributed by atoms with van der Waals surface area (Å²) in [5.41, 5.74) is 1.77. The maximum absolute atomic E-state index is 13.7. The maximum Gasteiger partial charge on any atom is 0.301 e. The largest absolute Gasteiger partial charge is 0.507 e. The Morgan fingerprint density at radius 3 is 2.67 bits per heavy atom. The average molecular weight is 664 g/mol. The molecule has 0 unspecified atom stereocenters. The fourth-order valence-electron chi connectivity index (χ4n) is 4.99. The van der Waals surface area contributed by atoms with Crippen LogP contribution in [0.3, 0.4) is 0 Å². The Kier molecular flexibility index (Phi) is 9.29. The zero-order valence-corrected chi connectivity index (χ0v) is 27.0. The highest BCUT2D eigenvalue weighted by molar-refractivity contribution is 8.00. The fourth-order valence-corrected chi connectivity index (χ4v) is 7.14. The lowest BCUT2D eigenvalue weighted by atomic mass is 9.95. The first-order valence-electron chi connectivity index (χ1n) is 14.4. The Morgan fingerprint density at radius 1 is 1.07 bits per heavy atom. The lowest BCUT2D eigenvalue weighted by Crippen LogP contribution is -2.29. The smallest absolute Gasteiger partial charge is 0.301 e. The summed E-state index contributed by atoms with van der Waals surface area (Å²) < 4.78 is 17.9. The number of hydrogen-bond donors (Lipinski definition) is 1. The fraction of sp³-hybridized carbons (Fsp3) is 0.273. The van der Waals surface area contributed by atoms with Gasteiger partial charge in [0.25, 0.3) is 5.78 Å². The summed E-state index contributed by atoms with van der Waals surface area (Å²) in [4.78, 5) is 28.7. The van der Waals surface area contributed by atoms with E-state index >= 15 is 0 Å². The van der Waals surface area contributed by atoms with Crippen molar-refractivity contribution in [3.8, 4) is 17.2 Å². The standard InChI is InChI=1S/C33H30ClN3O6S2/c1-19(2)12-13-41-23-8-5-7-20(16-23)28-27(29(38)21-10-11-25-26(17-21)43-15-14-42-25)30(39)31(40)37(28)32-35-36-33(45-32)44-18-22-6-3-4-9-24(22)34/h3-11,16-17,19,28,38H,12-15,18H2,1-2H3/b29-27+/t28-/m0/s1. The van der Waals surface area contributed by atoms with Gasteiger partial charge in [-0.2, -0.15) is 0 Å². The molecule has 0 bridgehead atoms. The minimum Gasteiger partial charge on any atom is -0.507 e. The van der Waals surface area contributed by atoms with Gasteiger partial charge < -0.3 is 19.3 Å². The van der Waals surface area contributed by atoms with Gasteiger partial charge in [-0.15, -0.1) is 10.2 Å². The van der Waals surface area contributed by atoms with Gasteiger partial charge in [-0.1, -0.05) is 78.9 Å². The lowest BCUT2D eigenvalue weighted by molar-refractivity contribution is -0.132. The van der Waals surface area contributed by atoms with Gasteiger partial charge in [0.05, 0.1) is 18.2 Å². The normalized spacial score (nSPS) is 17.2. The molecule has 1 aromatic heterocycles. The number of Topliss-reactive ketones (excluding diaryl/α,β-unsaturated/α-hetero) is 1. The van der Waals surface area contributed by atoms with Gasteiger partial charge >= 0.3 is 5.91 Å².